The van der Waals surface area contributed by atoms with Crippen molar-refractivity contribution in [3.05, 3.63) is 0 Å². The van der Waals surface area contributed by atoms with Crippen molar-refractivity contribution in [3.8, 4) is 0 Å². The van der Waals surface area contributed by atoms with E-state index in [0.717, 1.165) is 32.4 Å². The molecule has 0 aromatic heterocycles. The summed E-state index contributed by atoms with van der Waals surface area (Å²) in [7, 11) is 0. The minimum absolute atomic E-state index is 0.215. The first kappa shape index (κ1) is 18.5. The first-order valence-corrected chi connectivity index (χ1v) is 8.79. The summed E-state index contributed by atoms with van der Waals surface area (Å²) in [5, 5.41) is 3.49. The first-order chi connectivity index (χ1) is 10.8. The van der Waals surface area contributed by atoms with Crippen LogP contribution in [0.3, 0.4) is 0 Å². The molecule has 2 fully saturated rings. The van der Waals surface area contributed by atoms with Crippen molar-refractivity contribution < 1.29 is 19.0 Å². The number of rotatable bonds is 5. The third-order valence-electron chi connectivity index (χ3n) is 4.33. The number of nitrogens with zero attached hydrogens (tertiary/aromatic N) is 1. The van der Waals surface area contributed by atoms with Crippen LogP contribution in [0, 0.1) is 0 Å². The summed E-state index contributed by atoms with van der Waals surface area (Å²) in [5.41, 5.74) is -0.433. The van der Waals surface area contributed by atoms with Crippen molar-refractivity contribution in [3.63, 3.8) is 0 Å². The second kappa shape index (κ2) is 8.31. The van der Waals surface area contributed by atoms with E-state index < -0.39 is 5.60 Å². The molecule has 1 N–H and O–H groups in total. The lowest BCUT2D eigenvalue weighted by atomic mass is 10.1. The molecule has 0 radical (unpaired) electrons. The van der Waals surface area contributed by atoms with Crippen LogP contribution in [-0.4, -0.2) is 67.7 Å². The molecule has 0 aliphatic carbocycles. The third kappa shape index (κ3) is 6.28. The molecule has 6 heteroatoms. The van der Waals surface area contributed by atoms with Crippen molar-refractivity contribution in [2.24, 2.45) is 0 Å². The summed E-state index contributed by atoms with van der Waals surface area (Å²) in [6.07, 6.45) is 3.16. The molecule has 23 heavy (non-hydrogen) atoms. The van der Waals surface area contributed by atoms with Crippen LogP contribution in [0.1, 0.15) is 47.0 Å². The fourth-order valence-electron chi connectivity index (χ4n) is 3.00. The number of likely N-dealkylation sites (tertiary alicyclic amines) is 1. The van der Waals surface area contributed by atoms with E-state index in [0.29, 0.717) is 31.8 Å². The van der Waals surface area contributed by atoms with Crippen LogP contribution in [0.4, 0.5) is 4.79 Å². The fourth-order valence-corrected chi connectivity index (χ4v) is 3.00. The number of hydrogen-bond acceptors (Lipinski definition) is 5. The van der Waals surface area contributed by atoms with E-state index >= 15 is 0 Å². The highest BCUT2D eigenvalue weighted by molar-refractivity contribution is 5.68. The Hall–Kier alpha value is -0.850. The second-order valence-corrected chi connectivity index (χ2v) is 7.46. The number of nitrogens with one attached hydrogen (secondary N) is 1. The number of carbonyl (C=O) groups is 1. The highest BCUT2D eigenvalue weighted by atomic mass is 16.6. The lowest BCUT2D eigenvalue weighted by Gasteiger charge is -2.33. The maximum atomic E-state index is 12.0. The summed E-state index contributed by atoms with van der Waals surface area (Å²) in [6, 6.07) is 0.451. The number of ether oxygens (including phenoxy) is 3. The van der Waals surface area contributed by atoms with Crippen molar-refractivity contribution in [1.82, 2.24) is 10.2 Å². The normalized spacial score (nSPS) is 26.5. The molecule has 1 amide bonds. The SMILES string of the molecule is CC1OCCC1NCCOC1CCN(C(=O)OC(C)(C)C)CC1. The minimum Gasteiger partial charge on any atom is -0.444 e. The smallest absolute Gasteiger partial charge is 0.410 e. The van der Waals surface area contributed by atoms with Gasteiger partial charge in [0, 0.05) is 32.3 Å². The molecule has 2 rings (SSSR count). The van der Waals surface area contributed by atoms with Gasteiger partial charge in [-0.3, -0.25) is 0 Å². The molecule has 2 atom stereocenters. The van der Waals surface area contributed by atoms with E-state index in [4.69, 9.17) is 14.2 Å². The van der Waals surface area contributed by atoms with E-state index in [1.54, 1.807) is 4.90 Å². The summed E-state index contributed by atoms with van der Waals surface area (Å²) < 4.78 is 16.9. The molecular formula is C17H32N2O4. The van der Waals surface area contributed by atoms with Gasteiger partial charge in [-0.05, 0) is 47.0 Å². The average molecular weight is 328 g/mol. The van der Waals surface area contributed by atoms with Gasteiger partial charge >= 0.3 is 6.09 Å². The Balaban J connectivity index is 1.57. The maximum Gasteiger partial charge on any atom is 0.410 e. The van der Waals surface area contributed by atoms with Gasteiger partial charge in [0.25, 0.3) is 0 Å². The quantitative estimate of drug-likeness (QED) is 0.784. The van der Waals surface area contributed by atoms with Gasteiger partial charge in [-0.25, -0.2) is 4.79 Å². The first-order valence-electron chi connectivity index (χ1n) is 8.79. The predicted molar refractivity (Wildman–Crippen MR) is 88.6 cm³/mol. The summed E-state index contributed by atoms with van der Waals surface area (Å²) in [6.45, 7) is 11.6. The Morgan fingerprint density at radius 2 is 1.96 bits per heavy atom. The zero-order valence-electron chi connectivity index (χ0n) is 15.0. The molecule has 0 spiro atoms. The van der Waals surface area contributed by atoms with Crippen LogP contribution in [0.25, 0.3) is 0 Å². The number of amides is 1. The van der Waals surface area contributed by atoms with E-state index in [-0.39, 0.29) is 12.2 Å². The number of hydrogen-bond donors (Lipinski definition) is 1. The largest absolute Gasteiger partial charge is 0.444 e. The Morgan fingerprint density at radius 1 is 1.26 bits per heavy atom. The number of carbonyl (C=O) groups excluding carboxylic acids is 1. The molecule has 2 aliphatic heterocycles. The van der Waals surface area contributed by atoms with Gasteiger partial charge in [-0.2, -0.15) is 0 Å². The minimum atomic E-state index is -0.433. The monoisotopic (exact) mass is 328 g/mol. The lowest BCUT2D eigenvalue weighted by molar-refractivity contribution is -0.0110. The highest BCUT2D eigenvalue weighted by Gasteiger charge is 2.27. The lowest BCUT2D eigenvalue weighted by Crippen LogP contribution is -2.44. The van der Waals surface area contributed by atoms with Crippen LogP contribution in [0.5, 0.6) is 0 Å². The van der Waals surface area contributed by atoms with Crippen LogP contribution in [-0.2, 0) is 14.2 Å². The van der Waals surface area contributed by atoms with Crippen LogP contribution < -0.4 is 5.32 Å². The van der Waals surface area contributed by atoms with Gasteiger partial charge in [0.05, 0.1) is 18.8 Å². The molecule has 0 aromatic rings. The predicted octanol–water partition coefficient (Wildman–Crippen LogP) is 2.17. The van der Waals surface area contributed by atoms with Crippen molar-refractivity contribution in [1.29, 1.82) is 0 Å². The fraction of sp³-hybridized carbons (Fsp3) is 0.941. The van der Waals surface area contributed by atoms with Crippen LogP contribution in [0.15, 0.2) is 0 Å². The van der Waals surface area contributed by atoms with Crippen molar-refractivity contribution >= 4 is 6.09 Å². The van der Waals surface area contributed by atoms with Gasteiger partial charge in [0.15, 0.2) is 0 Å². The standard InChI is InChI=1S/C17H32N2O4/c1-13-15(7-11-21-13)18-8-12-22-14-5-9-19(10-6-14)16(20)23-17(2,3)4/h13-15,18H,5-12H2,1-4H3. The Kier molecular flexibility index (Phi) is 6.68. The Labute approximate surface area is 139 Å². The van der Waals surface area contributed by atoms with E-state index in [2.05, 4.69) is 12.2 Å². The maximum absolute atomic E-state index is 12.0. The molecule has 2 aliphatic rings. The van der Waals surface area contributed by atoms with Crippen molar-refractivity contribution in [2.75, 3.05) is 32.8 Å². The van der Waals surface area contributed by atoms with E-state index in [9.17, 15) is 4.79 Å². The zero-order valence-corrected chi connectivity index (χ0v) is 15.0. The van der Waals surface area contributed by atoms with Gasteiger partial charge in [0.1, 0.15) is 5.60 Å². The number of piperidine rings is 1. The van der Waals surface area contributed by atoms with Crippen LogP contribution in [0.2, 0.25) is 0 Å². The summed E-state index contributed by atoms with van der Waals surface area (Å²) in [4.78, 5) is 13.8. The third-order valence-corrected chi connectivity index (χ3v) is 4.33. The van der Waals surface area contributed by atoms with Gasteiger partial charge in [0.2, 0.25) is 0 Å². The molecule has 0 saturated carbocycles. The molecule has 0 bridgehead atoms. The molecule has 2 saturated heterocycles. The van der Waals surface area contributed by atoms with Crippen molar-refractivity contribution in [2.45, 2.75) is 70.8 Å². The molecule has 0 aromatic carbocycles. The van der Waals surface area contributed by atoms with Gasteiger partial charge < -0.3 is 24.4 Å². The summed E-state index contributed by atoms with van der Waals surface area (Å²) >= 11 is 0. The van der Waals surface area contributed by atoms with E-state index in [1.807, 2.05) is 20.8 Å². The highest BCUT2D eigenvalue weighted by Crippen LogP contribution is 2.17. The topological polar surface area (TPSA) is 60.0 Å². The van der Waals surface area contributed by atoms with Gasteiger partial charge in [-0.1, -0.05) is 0 Å². The van der Waals surface area contributed by atoms with Crippen LogP contribution >= 0.6 is 0 Å². The zero-order chi connectivity index (χ0) is 16.9. The Bertz CT molecular complexity index is 375. The molecule has 2 unspecified atom stereocenters. The Morgan fingerprint density at radius 3 is 2.52 bits per heavy atom. The molecular weight excluding hydrogens is 296 g/mol. The summed E-state index contributed by atoms with van der Waals surface area (Å²) in [5.74, 6) is 0. The average Bonchev–Trinajstić information content (AvgIpc) is 2.88. The molecule has 6 nitrogen and oxygen atoms in total. The molecule has 2 heterocycles. The van der Waals surface area contributed by atoms with E-state index in [1.165, 1.54) is 0 Å². The molecule has 134 valence electrons. The van der Waals surface area contributed by atoms with Gasteiger partial charge in [-0.15, -0.1) is 0 Å². The second-order valence-electron chi connectivity index (χ2n) is 7.46.